The summed E-state index contributed by atoms with van der Waals surface area (Å²) in [6.45, 7) is 6.72. The van der Waals surface area contributed by atoms with Gasteiger partial charge in [0.25, 0.3) is 0 Å². The number of hydrogen-bond donors (Lipinski definition) is 1. The molecule has 1 N–H and O–H groups in total. The number of aromatic nitrogens is 4. The number of anilines is 1. The number of hydrogen-bond acceptors (Lipinski definition) is 5. The number of rotatable bonds is 6. The molecule has 0 saturated carbocycles. The minimum Gasteiger partial charge on any atom is -0.376 e. The molecule has 22 heavy (non-hydrogen) atoms. The van der Waals surface area contributed by atoms with E-state index in [-0.39, 0.29) is 6.10 Å². The van der Waals surface area contributed by atoms with Gasteiger partial charge in [-0.3, -0.25) is 4.68 Å². The summed E-state index contributed by atoms with van der Waals surface area (Å²) in [6.07, 6.45) is 7.44. The van der Waals surface area contributed by atoms with Crippen LogP contribution in [0.2, 0.25) is 0 Å². The summed E-state index contributed by atoms with van der Waals surface area (Å²) in [5.74, 6) is 0.649. The van der Waals surface area contributed by atoms with Crippen LogP contribution in [0.15, 0.2) is 18.5 Å². The van der Waals surface area contributed by atoms with Crippen LogP contribution in [0.4, 0.5) is 5.95 Å². The van der Waals surface area contributed by atoms with Gasteiger partial charge in [-0.05, 0) is 32.3 Å². The molecule has 1 saturated heterocycles. The Kier molecular flexibility index (Phi) is 4.68. The van der Waals surface area contributed by atoms with E-state index in [4.69, 9.17) is 4.74 Å². The van der Waals surface area contributed by atoms with Crippen LogP contribution in [0.5, 0.6) is 0 Å². The molecule has 0 amide bonds. The molecule has 1 atom stereocenters. The average Bonchev–Trinajstić information content (AvgIpc) is 3.16. The van der Waals surface area contributed by atoms with Crippen LogP contribution < -0.4 is 5.32 Å². The fourth-order valence-electron chi connectivity index (χ4n) is 2.72. The van der Waals surface area contributed by atoms with Crippen LogP contribution in [-0.4, -0.2) is 39.0 Å². The lowest BCUT2D eigenvalue weighted by atomic mass is 10.2. The largest absolute Gasteiger partial charge is 0.376 e. The summed E-state index contributed by atoms with van der Waals surface area (Å²) in [5, 5.41) is 7.81. The molecule has 1 fully saturated rings. The van der Waals surface area contributed by atoms with Crippen molar-refractivity contribution in [2.24, 2.45) is 0 Å². The second kappa shape index (κ2) is 6.87. The normalized spacial score (nSPS) is 17.8. The van der Waals surface area contributed by atoms with Crippen LogP contribution in [0.1, 0.15) is 31.9 Å². The van der Waals surface area contributed by atoms with Gasteiger partial charge in [0.2, 0.25) is 5.95 Å². The summed E-state index contributed by atoms with van der Waals surface area (Å²) in [5.41, 5.74) is 2.97. The number of nitrogens with one attached hydrogen (secondary N) is 1. The van der Waals surface area contributed by atoms with Gasteiger partial charge < -0.3 is 10.1 Å². The van der Waals surface area contributed by atoms with E-state index in [1.807, 2.05) is 17.7 Å². The van der Waals surface area contributed by atoms with Crippen molar-refractivity contribution < 1.29 is 4.74 Å². The molecular weight excluding hydrogens is 278 g/mol. The predicted molar refractivity (Wildman–Crippen MR) is 85.7 cm³/mol. The van der Waals surface area contributed by atoms with E-state index < -0.39 is 0 Å². The molecule has 118 valence electrons. The maximum absolute atomic E-state index is 5.61. The first-order valence-corrected chi connectivity index (χ1v) is 7.99. The second-order valence-corrected chi connectivity index (χ2v) is 5.67. The zero-order valence-electron chi connectivity index (χ0n) is 13.2. The van der Waals surface area contributed by atoms with E-state index in [0.717, 1.165) is 55.9 Å². The van der Waals surface area contributed by atoms with Crippen molar-refractivity contribution in [1.82, 2.24) is 19.7 Å². The van der Waals surface area contributed by atoms with Crippen molar-refractivity contribution in [3.8, 4) is 11.3 Å². The number of nitrogens with zero attached hydrogens (tertiary/aromatic N) is 4. The van der Waals surface area contributed by atoms with Crippen LogP contribution in [0.3, 0.4) is 0 Å². The monoisotopic (exact) mass is 301 g/mol. The van der Waals surface area contributed by atoms with Gasteiger partial charge in [0.1, 0.15) is 0 Å². The van der Waals surface area contributed by atoms with E-state index >= 15 is 0 Å². The van der Waals surface area contributed by atoms with Crippen LogP contribution in [0.25, 0.3) is 11.3 Å². The van der Waals surface area contributed by atoms with Crippen molar-refractivity contribution in [2.45, 2.75) is 45.8 Å². The van der Waals surface area contributed by atoms with Gasteiger partial charge in [0.15, 0.2) is 0 Å². The zero-order valence-corrected chi connectivity index (χ0v) is 13.2. The minimum absolute atomic E-state index is 0.279. The first-order chi connectivity index (χ1) is 10.8. The Hall–Kier alpha value is -1.95. The first kappa shape index (κ1) is 15.0. The zero-order chi connectivity index (χ0) is 15.4. The maximum Gasteiger partial charge on any atom is 0.223 e. The fraction of sp³-hybridized carbons (Fsp3) is 0.562. The molecule has 1 aliphatic heterocycles. The maximum atomic E-state index is 5.61. The molecule has 6 heteroatoms. The van der Waals surface area contributed by atoms with E-state index in [0.29, 0.717) is 5.95 Å². The molecule has 0 aliphatic carbocycles. The second-order valence-electron chi connectivity index (χ2n) is 5.67. The molecule has 0 bridgehead atoms. The standard InChI is InChI=1S/C16H23N5O/c1-3-8-21-11-14(12(2)20-21)15-6-7-17-16(19-15)18-10-13-5-4-9-22-13/h6-7,11,13H,3-5,8-10H2,1-2H3,(H,17,18,19). The van der Waals surface area contributed by atoms with Crippen molar-refractivity contribution in [3.63, 3.8) is 0 Å². The average molecular weight is 301 g/mol. The number of ether oxygens (including phenoxy) is 1. The van der Waals surface area contributed by atoms with Crippen molar-refractivity contribution in [1.29, 1.82) is 0 Å². The molecular formula is C16H23N5O. The molecule has 2 aromatic heterocycles. The Morgan fingerprint density at radius 1 is 1.45 bits per heavy atom. The molecule has 3 heterocycles. The topological polar surface area (TPSA) is 64.9 Å². The smallest absolute Gasteiger partial charge is 0.223 e. The Bertz CT molecular complexity index is 619. The van der Waals surface area contributed by atoms with Crippen LogP contribution in [0, 0.1) is 6.92 Å². The van der Waals surface area contributed by atoms with Gasteiger partial charge in [0, 0.05) is 37.7 Å². The molecule has 3 rings (SSSR count). The molecule has 1 aliphatic rings. The predicted octanol–water partition coefficient (Wildman–Crippen LogP) is 2.65. The molecule has 0 aromatic carbocycles. The first-order valence-electron chi connectivity index (χ1n) is 7.99. The SMILES string of the molecule is CCCn1cc(-c2ccnc(NCC3CCCO3)n2)c(C)n1. The van der Waals surface area contributed by atoms with E-state index in [1.54, 1.807) is 6.20 Å². The lowest BCUT2D eigenvalue weighted by Crippen LogP contribution is -2.19. The number of aryl methyl sites for hydroxylation is 2. The van der Waals surface area contributed by atoms with E-state index in [2.05, 4.69) is 33.5 Å². The van der Waals surface area contributed by atoms with Gasteiger partial charge in [0.05, 0.1) is 17.5 Å². The molecule has 0 radical (unpaired) electrons. The molecule has 0 spiro atoms. The highest BCUT2D eigenvalue weighted by atomic mass is 16.5. The summed E-state index contributed by atoms with van der Waals surface area (Å²) in [4.78, 5) is 8.90. The Balaban J connectivity index is 1.72. The van der Waals surface area contributed by atoms with Crippen molar-refractivity contribution in [2.75, 3.05) is 18.5 Å². The summed E-state index contributed by atoms with van der Waals surface area (Å²) in [7, 11) is 0. The van der Waals surface area contributed by atoms with Crippen LogP contribution in [-0.2, 0) is 11.3 Å². The summed E-state index contributed by atoms with van der Waals surface area (Å²) in [6, 6.07) is 1.93. The summed E-state index contributed by atoms with van der Waals surface area (Å²) < 4.78 is 7.59. The molecule has 1 unspecified atom stereocenters. The van der Waals surface area contributed by atoms with Gasteiger partial charge in [-0.2, -0.15) is 5.10 Å². The van der Waals surface area contributed by atoms with Gasteiger partial charge in [-0.15, -0.1) is 0 Å². The van der Waals surface area contributed by atoms with Gasteiger partial charge >= 0.3 is 0 Å². The lowest BCUT2D eigenvalue weighted by Gasteiger charge is -2.10. The Morgan fingerprint density at radius 2 is 2.36 bits per heavy atom. The van der Waals surface area contributed by atoms with Crippen molar-refractivity contribution >= 4 is 5.95 Å². The third-order valence-corrected chi connectivity index (χ3v) is 3.84. The summed E-state index contributed by atoms with van der Waals surface area (Å²) >= 11 is 0. The Labute approximate surface area is 130 Å². The highest BCUT2D eigenvalue weighted by Crippen LogP contribution is 2.21. The van der Waals surface area contributed by atoms with Crippen LogP contribution >= 0.6 is 0 Å². The highest BCUT2D eigenvalue weighted by Gasteiger charge is 2.16. The molecule has 6 nitrogen and oxygen atoms in total. The van der Waals surface area contributed by atoms with E-state index in [1.165, 1.54) is 0 Å². The quantitative estimate of drug-likeness (QED) is 0.888. The minimum atomic E-state index is 0.279. The third-order valence-electron chi connectivity index (χ3n) is 3.84. The third kappa shape index (κ3) is 3.44. The van der Waals surface area contributed by atoms with E-state index in [9.17, 15) is 0 Å². The highest BCUT2D eigenvalue weighted by molar-refractivity contribution is 5.61. The van der Waals surface area contributed by atoms with Crippen molar-refractivity contribution in [3.05, 3.63) is 24.2 Å². The lowest BCUT2D eigenvalue weighted by molar-refractivity contribution is 0.120. The van der Waals surface area contributed by atoms with Gasteiger partial charge in [-0.1, -0.05) is 6.92 Å². The fourth-order valence-corrected chi connectivity index (χ4v) is 2.72. The Morgan fingerprint density at radius 3 is 3.14 bits per heavy atom. The van der Waals surface area contributed by atoms with Gasteiger partial charge in [-0.25, -0.2) is 9.97 Å². The molecule has 2 aromatic rings.